The highest BCUT2D eigenvalue weighted by atomic mass is 35.5. The first-order chi connectivity index (χ1) is 10.9. The lowest BCUT2D eigenvalue weighted by Crippen LogP contribution is -2.28. The Balaban J connectivity index is 2.30. The molecule has 8 heteroatoms. The fourth-order valence-corrected chi connectivity index (χ4v) is 2.48. The third-order valence-corrected chi connectivity index (χ3v) is 4.52. The fourth-order valence-electron chi connectivity index (χ4n) is 1.85. The first-order valence-electron chi connectivity index (χ1n) is 6.88. The van der Waals surface area contributed by atoms with Crippen molar-refractivity contribution in [3.8, 4) is 0 Å². The Morgan fingerprint density at radius 1 is 1.39 bits per heavy atom. The summed E-state index contributed by atoms with van der Waals surface area (Å²) in [5.74, 6) is -2.72. The summed E-state index contributed by atoms with van der Waals surface area (Å²) in [6.07, 6.45) is 0.370. The highest BCUT2D eigenvalue weighted by molar-refractivity contribution is 6.49. The van der Waals surface area contributed by atoms with Crippen LogP contribution < -0.4 is 0 Å². The van der Waals surface area contributed by atoms with E-state index in [1.807, 2.05) is 0 Å². The number of carbonyl (C=O) groups excluding carboxylic acids is 2. The van der Waals surface area contributed by atoms with Crippen molar-refractivity contribution >= 4 is 52.8 Å². The van der Waals surface area contributed by atoms with Crippen molar-refractivity contribution in [1.82, 2.24) is 0 Å². The molecule has 1 aliphatic rings. The van der Waals surface area contributed by atoms with E-state index in [0.29, 0.717) is 0 Å². The van der Waals surface area contributed by atoms with Crippen LogP contribution in [0.3, 0.4) is 0 Å². The lowest BCUT2D eigenvalue weighted by atomic mass is 9.98. The van der Waals surface area contributed by atoms with Crippen molar-refractivity contribution < 1.29 is 18.7 Å². The van der Waals surface area contributed by atoms with E-state index >= 15 is 0 Å². The second-order valence-electron chi connectivity index (χ2n) is 4.93. The van der Waals surface area contributed by atoms with Crippen LogP contribution in [0.2, 0.25) is 15.1 Å². The van der Waals surface area contributed by atoms with E-state index in [-0.39, 0.29) is 33.7 Å². The number of carbonyl (C=O) groups is 2. The van der Waals surface area contributed by atoms with Crippen molar-refractivity contribution in [2.24, 2.45) is 10.9 Å². The molecule has 0 N–H and O–H groups in total. The Kier molecular flexibility index (Phi) is 6.00. The number of aliphatic imine (C=N–C) groups is 1. The van der Waals surface area contributed by atoms with Crippen LogP contribution in [-0.2, 0) is 9.53 Å². The van der Waals surface area contributed by atoms with Crippen LogP contribution in [0.15, 0.2) is 17.1 Å². The van der Waals surface area contributed by atoms with E-state index in [1.54, 1.807) is 6.92 Å². The van der Waals surface area contributed by atoms with Gasteiger partial charge in [0.2, 0.25) is 0 Å². The molecule has 3 atom stereocenters. The monoisotopic (exact) mass is 379 g/mol. The van der Waals surface area contributed by atoms with Crippen LogP contribution in [0, 0.1) is 5.92 Å². The molecule has 1 saturated carbocycles. The zero-order valence-corrected chi connectivity index (χ0v) is 14.3. The number of nitrogens with zero attached hydrogens (tertiary/aromatic N) is 1. The third kappa shape index (κ3) is 4.22. The SMILES string of the molecule is CCOC(=O)C(C=NC1CC1F)C(=O)c1ccc(Cl)c(Cl)c1Cl. The van der Waals surface area contributed by atoms with Crippen LogP contribution in [0.5, 0.6) is 0 Å². The molecule has 124 valence electrons. The van der Waals surface area contributed by atoms with Crippen LogP contribution in [0.4, 0.5) is 4.39 Å². The van der Waals surface area contributed by atoms with Gasteiger partial charge in [0.05, 0.1) is 27.7 Å². The Morgan fingerprint density at radius 3 is 2.61 bits per heavy atom. The second kappa shape index (κ2) is 7.60. The van der Waals surface area contributed by atoms with Crippen molar-refractivity contribution in [2.45, 2.75) is 25.6 Å². The van der Waals surface area contributed by atoms with Gasteiger partial charge in [-0.25, -0.2) is 4.39 Å². The van der Waals surface area contributed by atoms with Crippen molar-refractivity contribution in [3.05, 3.63) is 32.8 Å². The first-order valence-corrected chi connectivity index (χ1v) is 8.01. The van der Waals surface area contributed by atoms with E-state index in [9.17, 15) is 14.0 Å². The molecule has 1 fully saturated rings. The molecule has 0 bridgehead atoms. The number of halogens is 4. The maximum Gasteiger partial charge on any atom is 0.322 e. The van der Waals surface area contributed by atoms with Crippen LogP contribution in [0.1, 0.15) is 23.7 Å². The molecule has 0 aliphatic heterocycles. The number of alkyl halides is 1. The number of hydrogen-bond donors (Lipinski definition) is 0. The molecule has 4 nitrogen and oxygen atoms in total. The predicted octanol–water partition coefficient (Wildman–Crippen LogP) is 4.19. The van der Waals surface area contributed by atoms with E-state index < -0.39 is 29.9 Å². The summed E-state index contributed by atoms with van der Waals surface area (Å²) in [7, 11) is 0. The minimum Gasteiger partial charge on any atom is -0.465 e. The normalized spacial score (nSPS) is 21.3. The maximum atomic E-state index is 12.9. The molecular weight excluding hydrogens is 368 g/mol. The van der Waals surface area contributed by atoms with Gasteiger partial charge in [-0.3, -0.25) is 14.6 Å². The topological polar surface area (TPSA) is 55.7 Å². The van der Waals surface area contributed by atoms with Gasteiger partial charge >= 0.3 is 5.97 Å². The van der Waals surface area contributed by atoms with Crippen molar-refractivity contribution in [1.29, 1.82) is 0 Å². The smallest absolute Gasteiger partial charge is 0.322 e. The summed E-state index contributed by atoms with van der Waals surface area (Å²) in [5.41, 5.74) is 0.0261. The summed E-state index contributed by atoms with van der Waals surface area (Å²) in [4.78, 5) is 28.5. The molecular formula is C15H13Cl3FNO3. The molecule has 0 spiro atoms. The van der Waals surface area contributed by atoms with Gasteiger partial charge in [0.15, 0.2) is 11.7 Å². The van der Waals surface area contributed by atoms with Crippen LogP contribution >= 0.6 is 34.8 Å². The molecule has 3 unspecified atom stereocenters. The maximum absolute atomic E-state index is 12.9. The molecule has 0 saturated heterocycles. The van der Waals surface area contributed by atoms with Crippen LogP contribution in [0.25, 0.3) is 0 Å². The number of esters is 1. The fraction of sp³-hybridized carbons (Fsp3) is 0.400. The molecule has 2 rings (SSSR count). The Morgan fingerprint density at radius 2 is 2.04 bits per heavy atom. The zero-order valence-electron chi connectivity index (χ0n) is 12.1. The quantitative estimate of drug-likeness (QED) is 0.244. The average Bonchev–Trinajstić information content (AvgIpc) is 3.21. The Labute approximate surface area is 147 Å². The molecule has 1 aliphatic carbocycles. The first kappa shape index (κ1) is 18.2. The number of ketones is 1. The highest BCUT2D eigenvalue weighted by Gasteiger charge is 2.38. The largest absolute Gasteiger partial charge is 0.465 e. The van der Waals surface area contributed by atoms with Gasteiger partial charge in [-0.05, 0) is 19.1 Å². The van der Waals surface area contributed by atoms with Gasteiger partial charge in [0.1, 0.15) is 6.17 Å². The third-order valence-electron chi connectivity index (χ3n) is 3.23. The van der Waals surface area contributed by atoms with E-state index in [1.165, 1.54) is 12.1 Å². The standard InChI is InChI=1S/C15H13Cl3FNO3/c1-2-23-15(22)8(6-20-11-5-10(11)19)14(21)7-3-4-9(16)13(18)12(7)17/h3-4,6,8,10-11H,2,5H2,1H3. The van der Waals surface area contributed by atoms with Gasteiger partial charge in [0.25, 0.3) is 0 Å². The summed E-state index contributed by atoms with van der Waals surface area (Å²) < 4.78 is 17.8. The highest BCUT2D eigenvalue weighted by Crippen LogP contribution is 2.34. The van der Waals surface area contributed by atoms with Crippen molar-refractivity contribution in [2.75, 3.05) is 6.61 Å². The minimum atomic E-state index is -1.31. The summed E-state index contributed by atoms with van der Waals surface area (Å²) in [5, 5.41) is 0.152. The van der Waals surface area contributed by atoms with Crippen LogP contribution in [-0.4, -0.2) is 36.8 Å². The predicted molar refractivity (Wildman–Crippen MR) is 87.7 cm³/mol. The van der Waals surface area contributed by atoms with Gasteiger partial charge in [-0.2, -0.15) is 0 Å². The number of ether oxygens (including phenoxy) is 1. The Hall–Kier alpha value is -1.17. The summed E-state index contributed by atoms with van der Waals surface area (Å²) in [6.45, 7) is 1.71. The average molecular weight is 381 g/mol. The van der Waals surface area contributed by atoms with Gasteiger partial charge in [-0.1, -0.05) is 34.8 Å². The lowest BCUT2D eigenvalue weighted by molar-refractivity contribution is -0.143. The molecule has 1 aromatic rings. The zero-order chi connectivity index (χ0) is 17.1. The van der Waals surface area contributed by atoms with E-state index in [4.69, 9.17) is 39.5 Å². The van der Waals surface area contributed by atoms with E-state index in [2.05, 4.69) is 4.99 Å². The second-order valence-corrected chi connectivity index (χ2v) is 6.10. The van der Waals surface area contributed by atoms with Gasteiger partial charge in [0, 0.05) is 18.2 Å². The Bertz CT molecular complexity index is 666. The number of hydrogen-bond acceptors (Lipinski definition) is 4. The molecule has 0 amide bonds. The molecule has 0 heterocycles. The number of rotatable bonds is 6. The molecule has 0 aromatic heterocycles. The minimum absolute atomic E-state index is 0.0183. The summed E-state index contributed by atoms with van der Waals surface area (Å²) >= 11 is 17.8. The number of Topliss-reactive ketones (excluding diaryl/α,β-unsaturated/α-hetero) is 1. The van der Waals surface area contributed by atoms with E-state index in [0.717, 1.165) is 6.21 Å². The van der Waals surface area contributed by atoms with Gasteiger partial charge < -0.3 is 4.74 Å². The lowest BCUT2D eigenvalue weighted by Gasteiger charge is -2.12. The van der Waals surface area contributed by atoms with Gasteiger partial charge in [-0.15, -0.1) is 0 Å². The molecule has 23 heavy (non-hydrogen) atoms. The number of benzene rings is 1. The van der Waals surface area contributed by atoms with Crippen molar-refractivity contribution in [3.63, 3.8) is 0 Å². The molecule has 0 radical (unpaired) electrons. The molecule has 1 aromatic carbocycles. The summed E-state index contributed by atoms with van der Waals surface area (Å²) in [6, 6.07) is 2.26.